The minimum atomic E-state index is -0.662. The van der Waals surface area contributed by atoms with Crippen molar-refractivity contribution in [2.75, 3.05) is 5.32 Å². The molecule has 0 saturated heterocycles. The van der Waals surface area contributed by atoms with Crippen LogP contribution in [0.3, 0.4) is 0 Å². The molecule has 0 aliphatic heterocycles. The van der Waals surface area contributed by atoms with Crippen molar-refractivity contribution >= 4 is 17.8 Å². The Morgan fingerprint density at radius 2 is 1.95 bits per heavy atom. The Morgan fingerprint density at radius 3 is 2.67 bits per heavy atom. The standard InChI is InChI=1S/C17H18N2O2/c1-13-7-6-10-16(11-13)19-17(20)14(2)21-18-12-15-8-4-3-5-9-15/h3-12,14H,1-2H3,(H,19,20)/b18-12+. The lowest BCUT2D eigenvalue weighted by atomic mass is 10.2. The Morgan fingerprint density at radius 1 is 1.19 bits per heavy atom. The van der Waals surface area contributed by atoms with Crippen molar-refractivity contribution in [1.82, 2.24) is 0 Å². The van der Waals surface area contributed by atoms with E-state index in [2.05, 4.69) is 10.5 Å². The van der Waals surface area contributed by atoms with Gasteiger partial charge in [0.2, 0.25) is 6.10 Å². The first-order valence-corrected chi connectivity index (χ1v) is 6.77. The van der Waals surface area contributed by atoms with Gasteiger partial charge in [-0.05, 0) is 37.1 Å². The first kappa shape index (κ1) is 14.8. The molecule has 21 heavy (non-hydrogen) atoms. The summed E-state index contributed by atoms with van der Waals surface area (Å²) >= 11 is 0. The van der Waals surface area contributed by atoms with E-state index in [4.69, 9.17) is 4.84 Å². The third kappa shape index (κ3) is 4.76. The van der Waals surface area contributed by atoms with E-state index in [9.17, 15) is 4.79 Å². The van der Waals surface area contributed by atoms with E-state index in [1.807, 2.05) is 61.5 Å². The minimum absolute atomic E-state index is 0.231. The van der Waals surface area contributed by atoms with Crippen LogP contribution in [0.4, 0.5) is 5.69 Å². The highest BCUT2D eigenvalue weighted by atomic mass is 16.6. The number of oxime groups is 1. The summed E-state index contributed by atoms with van der Waals surface area (Å²) in [6, 6.07) is 17.2. The highest BCUT2D eigenvalue weighted by Crippen LogP contribution is 2.10. The maximum Gasteiger partial charge on any atom is 0.267 e. The topological polar surface area (TPSA) is 50.7 Å². The molecule has 0 aliphatic carbocycles. The van der Waals surface area contributed by atoms with Gasteiger partial charge in [-0.2, -0.15) is 0 Å². The van der Waals surface area contributed by atoms with E-state index in [0.29, 0.717) is 0 Å². The van der Waals surface area contributed by atoms with Crippen LogP contribution in [0.1, 0.15) is 18.1 Å². The molecule has 2 rings (SSSR count). The van der Waals surface area contributed by atoms with Crippen LogP contribution in [0.15, 0.2) is 59.8 Å². The zero-order valence-electron chi connectivity index (χ0n) is 12.1. The molecule has 1 N–H and O–H groups in total. The van der Waals surface area contributed by atoms with E-state index in [0.717, 1.165) is 16.8 Å². The third-order valence-electron chi connectivity index (χ3n) is 2.88. The predicted molar refractivity (Wildman–Crippen MR) is 84.4 cm³/mol. The number of aryl methyl sites for hydroxylation is 1. The Kier molecular flexibility index (Phi) is 5.10. The maximum absolute atomic E-state index is 12.0. The second kappa shape index (κ2) is 7.24. The van der Waals surface area contributed by atoms with Crippen molar-refractivity contribution in [3.8, 4) is 0 Å². The molecule has 0 fully saturated rings. The second-order valence-electron chi connectivity index (χ2n) is 4.75. The van der Waals surface area contributed by atoms with Crippen molar-refractivity contribution < 1.29 is 9.63 Å². The summed E-state index contributed by atoms with van der Waals surface area (Å²) in [5, 5.41) is 6.63. The van der Waals surface area contributed by atoms with Crippen LogP contribution in [0, 0.1) is 6.92 Å². The summed E-state index contributed by atoms with van der Waals surface area (Å²) in [5.41, 5.74) is 2.76. The van der Waals surface area contributed by atoms with E-state index in [-0.39, 0.29) is 5.91 Å². The molecule has 0 radical (unpaired) electrons. The Labute approximate surface area is 124 Å². The van der Waals surface area contributed by atoms with Crippen molar-refractivity contribution in [1.29, 1.82) is 0 Å². The van der Waals surface area contributed by atoms with Gasteiger partial charge >= 0.3 is 0 Å². The van der Waals surface area contributed by atoms with Gasteiger partial charge in [0, 0.05) is 5.69 Å². The van der Waals surface area contributed by atoms with Crippen molar-refractivity contribution in [3.63, 3.8) is 0 Å². The second-order valence-corrected chi connectivity index (χ2v) is 4.75. The molecular formula is C17H18N2O2. The van der Waals surface area contributed by atoms with Gasteiger partial charge < -0.3 is 10.2 Å². The van der Waals surface area contributed by atoms with Crippen LogP contribution in [0.5, 0.6) is 0 Å². The molecule has 2 aromatic carbocycles. The number of rotatable bonds is 5. The van der Waals surface area contributed by atoms with Gasteiger partial charge in [-0.15, -0.1) is 0 Å². The summed E-state index contributed by atoms with van der Waals surface area (Å²) in [4.78, 5) is 17.1. The van der Waals surface area contributed by atoms with Gasteiger partial charge in [-0.3, -0.25) is 4.79 Å². The Bertz CT molecular complexity index is 624. The molecule has 1 unspecified atom stereocenters. The first-order valence-electron chi connectivity index (χ1n) is 6.77. The molecule has 2 aromatic rings. The number of carbonyl (C=O) groups is 1. The summed E-state index contributed by atoms with van der Waals surface area (Å²) in [6.07, 6.45) is 0.918. The number of hydrogen-bond donors (Lipinski definition) is 1. The molecule has 108 valence electrons. The lowest BCUT2D eigenvalue weighted by Gasteiger charge is -2.10. The zero-order chi connectivity index (χ0) is 15.1. The van der Waals surface area contributed by atoms with E-state index in [1.165, 1.54) is 0 Å². The highest BCUT2D eigenvalue weighted by molar-refractivity contribution is 5.94. The molecule has 0 bridgehead atoms. The Balaban J connectivity index is 1.87. The van der Waals surface area contributed by atoms with Gasteiger partial charge in [-0.25, -0.2) is 0 Å². The van der Waals surface area contributed by atoms with Crippen LogP contribution in [-0.2, 0) is 9.63 Å². The first-order chi connectivity index (χ1) is 10.1. The quantitative estimate of drug-likeness (QED) is 0.675. The molecule has 1 amide bonds. The summed E-state index contributed by atoms with van der Waals surface area (Å²) in [5.74, 6) is -0.231. The monoisotopic (exact) mass is 282 g/mol. The van der Waals surface area contributed by atoms with Crippen LogP contribution < -0.4 is 5.32 Å². The van der Waals surface area contributed by atoms with Gasteiger partial charge in [0.15, 0.2) is 0 Å². The summed E-state index contributed by atoms with van der Waals surface area (Å²) in [7, 11) is 0. The zero-order valence-corrected chi connectivity index (χ0v) is 12.1. The van der Waals surface area contributed by atoms with E-state index >= 15 is 0 Å². The minimum Gasteiger partial charge on any atom is -0.383 e. The SMILES string of the molecule is Cc1cccc(NC(=O)C(C)O/N=C/c2ccccc2)c1. The van der Waals surface area contributed by atoms with Crippen molar-refractivity contribution in [2.24, 2.45) is 5.16 Å². The molecule has 0 aliphatic rings. The largest absolute Gasteiger partial charge is 0.383 e. The average Bonchev–Trinajstić information content (AvgIpc) is 2.48. The third-order valence-corrected chi connectivity index (χ3v) is 2.88. The number of nitrogens with zero attached hydrogens (tertiary/aromatic N) is 1. The fourth-order valence-electron chi connectivity index (χ4n) is 1.74. The number of amides is 1. The molecule has 1 atom stereocenters. The molecule has 4 nitrogen and oxygen atoms in total. The molecule has 0 saturated carbocycles. The summed E-state index contributed by atoms with van der Waals surface area (Å²) in [6.45, 7) is 3.63. The van der Waals surface area contributed by atoms with Crippen LogP contribution in [0.2, 0.25) is 0 Å². The smallest absolute Gasteiger partial charge is 0.267 e. The number of nitrogens with one attached hydrogen (secondary N) is 1. The fourth-order valence-corrected chi connectivity index (χ4v) is 1.74. The number of hydrogen-bond acceptors (Lipinski definition) is 3. The van der Waals surface area contributed by atoms with Crippen molar-refractivity contribution in [2.45, 2.75) is 20.0 Å². The highest BCUT2D eigenvalue weighted by Gasteiger charge is 2.13. The van der Waals surface area contributed by atoms with E-state index < -0.39 is 6.10 Å². The normalized spacial score (nSPS) is 12.1. The number of carbonyl (C=O) groups excluding carboxylic acids is 1. The average molecular weight is 282 g/mol. The van der Waals surface area contributed by atoms with Crippen LogP contribution in [0.25, 0.3) is 0 Å². The molecular weight excluding hydrogens is 264 g/mol. The number of anilines is 1. The van der Waals surface area contributed by atoms with Crippen molar-refractivity contribution in [3.05, 3.63) is 65.7 Å². The molecule has 4 heteroatoms. The predicted octanol–water partition coefficient (Wildman–Crippen LogP) is 3.37. The van der Waals surface area contributed by atoms with Gasteiger partial charge in [0.1, 0.15) is 0 Å². The van der Waals surface area contributed by atoms with Crippen LogP contribution >= 0.6 is 0 Å². The lowest BCUT2D eigenvalue weighted by molar-refractivity contribution is -0.126. The fraction of sp³-hybridized carbons (Fsp3) is 0.176. The number of benzene rings is 2. The summed E-state index contributed by atoms with van der Waals surface area (Å²) < 4.78 is 0. The van der Waals surface area contributed by atoms with Crippen LogP contribution in [-0.4, -0.2) is 18.2 Å². The van der Waals surface area contributed by atoms with Gasteiger partial charge in [-0.1, -0.05) is 47.6 Å². The molecule has 0 spiro atoms. The molecule has 0 aromatic heterocycles. The van der Waals surface area contributed by atoms with Gasteiger partial charge in [0.25, 0.3) is 5.91 Å². The Hall–Kier alpha value is -2.62. The molecule has 0 heterocycles. The lowest BCUT2D eigenvalue weighted by Crippen LogP contribution is -2.26. The maximum atomic E-state index is 12.0. The van der Waals surface area contributed by atoms with E-state index in [1.54, 1.807) is 13.1 Å². The van der Waals surface area contributed by atoms with Gasteiger partial charge in [0.05, 0.1) is 6.21 Å².